The van der Waals surface area contributed by atoms with Crippen molar-refractivity contribution in [2.45, 2.75) is 38.2 Å². The van der Waals surface area contributed by atoms with Gasteiger partial charge in [0.1, 0.15) is 5.82 Å². The molecule has 2 atom stereocenters. The molecule has 1 N–H and O–H groups in total. The van der Waals surface area contributed by atoms with Crippen LogP contribution in [-0.2, 0) is 4.79 Å². The third-order valence-corrected chi connectivity index (χ3v) is 5.49. The largest absolute Gasteiger partial charge is 0.388 e. The van der Waals surface area contributed by atoms with E-state index in [0.29, 0.717) is 18.7 Å². The molecule has 1 saturated heterocycles. The Morgan fingerprint density at radius 2 is 2.38 bits per heavy atom. The fraction of sp³-hybridized carbons (Fsp3) is 0.444. The van der Waals surface area contributed by atoms with E-state index in [4.69, 9.17) is 0 Å². The van der Waals surface area contributed by atoms with Crippen LogP contribution in [0.2, 0.25) is 0 Å². The van der Waals surface area contributed by atoms with E-state index in [9.17, 15) is 14.3 Å². The van der Waals surface area contributed by atoms with E-state index in [1.54, 1.807) is 28.4 Å². The number of piperidine rings is 1. The van der Waals surface area contributed by atoms with Gasteiger partial charge in [0, 0.05) is 30.1 Å². The van der Waals surface area contributed by atoms with Gasteiger partial charge in [-0.3, -0.25) is 4.79 Å². The van der Waals surface area contributed by atoms with Crippen molar-refractivity contribution in [1.82, 2.24) is 9.88 Å². The third kappa shape index (κ3) is 3.99. The molecule has 0 saturated carbocycles. The number of aromatic nitrogens is 1. The predicted molar refractivity (Wildman–Crippen MR) is 91.4 cm³/mol. The van der Waals surface area contributed by atoms with Crippen LogP contribution >= 0.6 is 11.3 Å². The number of carbonyl (C=O) groups is 1. The number of aliphatic hydroxyl groups is 1. The summed E-state index contributed by atoms with van der Waals surface area (Å²) >= 11 is 1.64. The van der Waals surface area contributed by atoms with Gasteiger partial charge in [0.15, 0.2) is 0 Å². The second kappa shape index (κ2) is 7.40. The van der Waals surface area contributed by atoms with Crippen molar-refractivity contribution < 1.29 is 14.3 Å². The van der Waals surface area contributed by atoms with E-state index in [0.717, 1.165) is 23.5 Å². The predicted octanol–water partition coefficient (Wildman–Crippen LogP) is 3.42. The normalized spacial score (nSPS) is 19.3. The molecule has 2 unspecified atom stereocenters. The summed E-state index contributed by atoms with van der Waals surface area (Å²) in [5.74, 6) is -0.228. The van der Waals surface area contributed by atoms with E-state index in [-0.39, 0.29) is 18.2 Å². The molecule has 0 aliphatic carbocycles. The van der Waals surface area contributed by atoms with Gasteiger partial charge in [-0.25, -0.2) is 9.37 Å². The second-order valence-electron chi connectivity index (χ2n) is 6.28. The Kier molecular flexibility index (Phi) is 5.26. The molecule has 1 aliphatic rings. The van der Waals surface area contributed by atoms with Crippen LogP contribution in [0.1, 0.15) is 47.5 Å². The van der Waals surface area contributed by atoms with Gasteiger partial charge in [0.25, 0.3) is 0 Å². The summed E-state index contributed by atoms with van der Waals surface area (Å²) in [5.41, 5.74) is 1.45. The lowest BCUT2D eigenvalue weighted by Crippen LogP contribution is -2.39. The monoisotopic (exact) mass is 348 g/mol. The first-order chi connectivity index (χ1) is 11.5. The number of hydrogen-bond donors (Lipinski definition) is 1. The van der Waals surface area contributed by atoms with Crippen molar-refractivity contribution in [2.75, 3.05) is 13.1 Å². The highest BCUT2D eigenvalue weighted by Gasteiger charge is 2.27. The van der Waals surface area contributed by atoms with Gasteiger partial charge in [-0.2, -0.15) is 0 Å². The second-order valence-corrected chi connectivity index (χ2v) is 7.17. The summed E-state index contributed by atoms with van der Waals surface area (Å²) in [4.78, 5) is 18.8. The van der Waals surface area contributed by atoms with Crippen molar-refractivity contribution in [3.8, 4) is 0 Å². The molecular weight excluding hydrogens is 327 g/mol. The number of halogens is 1. The fourth-order valence-electron chi connectivity index (χ4n) is 3.09. The summed E-state index contributed by atoms with van der Waals surface area (Å²) in [6.07, 6.45) is 0.970. The molecule has 1 fully saturated rings. The SMILES string of the molecule is Cc1csc(C2CCCN(C(=O)CC(O)c3cccc(F)c3)C2)n1. The minimum absolute atomic E-state index is 0.0208. The van der Waals surface area contributed by atoms with Crippen LogP contribution in [0, 0.1) is 12.7 Å². The molecular formula is C18H21FN2O2S. The van der Waals surface area contributed by atoms with Crippen molar-refractivity contribution in [1.29, 1.82) is 0 Å². The molecule has 6 heteroatoms. The van der Waals surface area contributed by atoms with E-state index in [1.165, 1.54) is 12.1 Å². The van der Waals surface area contributed by atoms with Gasteiger partial charge < -0.3 is 10.0 Å². The first-order valence-electron chi connectivity index (χ1n) is 8.16. The van der Waals surface area contributed by atoms with Crippen LogP contribution in [0.25, 0.3) is 0 Å². The molecule has 1 aliphatic heterocycles. The summed E-state index contributed by atoms with van der Waals surface area (Å²) in [6, 6.07) is 5.77. The third-order valence-electron chi connectivity index (χ3n) is 4.36. The first kappa shape index (κ1) is 17.0. The Balaban J connectivity index is 1.62. The zero-order valence-electron chi connectivity index (χ0n) is 13.6. The number of benzene rings is 1. The van der Waals surface area contributed by atoms with Crippen LogP contribution in [0.15, 0.2) is 29.6 Å². The summed E-state index contributed by atoms with van der Waals surface area (Å²) in [7, 11) is 0. The molecule has 2 heterocycles. The Labute approximate surface area is 145 Å². The van der Waals surface area contributed by atoms with Gasteiger partial charge in [0.05, 0.1) is 17.5 Å². The van der Waals surface area contributed by atoms with Crippen LogP contribution in [0.3, 0.4) is 0 Å². The number of thiazole rings is 1. The summed E-state index contributed by atoms with van der Waals surface area (Å²) in [6.45, 7) is 3.32. The van der Waals surface area contributed by atoms with Crippen LogP contribution in [0.4, 0.5) is 4.39 Å². The maximum atomic E-state index is 13.2. The molecule has 1 amide bonds. The number of likely N-dealkylation sites (tertiary alicyclic amines) is 1. The molecule has 128 valence electrons. The molecule has 1 aromatic heterocycles. The number of hydrogen-bond acceptors (Lipinski definition) is 4. The minimum atomic E-state index is -0.976. The Morgan fingerprint density at radius 1 is 1.54 bits per heavy atom. The number of aliphatic hydroxyl groups excluding tert-OH is 1. The van der Waals surface area contributed by atoms with Crippen molar-refractivity contribution in [3.05, 3.63) is 51.7 Å². The van der Waals surface area contributed by atoms with Crippen molar-refractivity contribution in [3.63, 3.8) is 0 Å². The van der Waals surface area contributed by atoms with E-state index < -0.39 is 11.9 Å². The number of rotatable bonds is 4. The van der Waals surface area contributed by atoms with Crippen LogP contribution in [0.5, 0.6) is 0 Å². The Hall–Kier alpha value is -1.79. The standard InChI is InChI=1S/C18H21FN2O2S/c1-12-11-24-18(20-12)14-5-3-7-21(10-14)17(23)9-16(22)13-4-2-6-15(19)8-13/h2,4,6,8,11,14,16,22H,3,5,7,9-10H2,1H3. The molecule has 1 aromatic carbocycles. The summed E-state index contributed by atoms with van der Waals surface area (Å²) < 4.78 is 13.2. The highest BCUT2D eigenvalue weighted by molar-refractivity contribution is 7.09. The van der Waals surface area contributed by atoms with Crippen molar-refractivity contribution >= 4 is 17.2 Å². The van der Waals surface area contributed by atoms with Crippen molar-refractivity contribution in [2.24, 2.45) is 0 Å². The maximum absolute atomic E-state index is 13.2. The topological polar surface area (TPSA) is 53.4 Å². The lowest BCUT2D eigenvalue weighted by Gasteiger charge is -2.32. The van der Waals surface area contributed by atoms with Crippen LogP contribution < -0.4 is 0 Å². The average molecular weight is 348 g/mol. The Bertz CT molecular complexity index is 719. The first-order valence-corrected chi connectivity index (χ1v) is 9.04. The molecule has 0 radical (unpaired) electrons. The average Bonchev–Trinajstić information content (AvgIpc) is 3.01. The molecule has 0 spiro atoms. The molecule has 0 bridgehead atoms. The van der Waals surface area contributed by atoms with E-state index >= 15 is 0 Å². The quantitative estimate of drug-likeness (QED) is 0.921. The van der Waals surface area contributed by atoms with Gasteiger partial charge >= 0.3 is 0 Å². The fourth-order valence-corrected chi connectivity index (χ4v) is 4.02. The minimum Gasteiger partial charge on any atom is -0.388 e. The van der Waals surface area contributed by atoms with E-state index in [1.807, 2.05) is 12.3 Å². The molecule has 2 aromatic rings. The van der Waals surface area contributed by atoms with Crippen LogP contribution in [-0.4, -0.2) is 34.0 Å². The summed E-state index contributed by atoms with van der Waals surface area (Å²) in [5, 5.41) is 13.3. The van der Waals surface area contributed by atoms with Gasteiger partial charge in [-0.05, 0) is 37.5 Å². The van der Waals surface area contributed by atoms with Gasteiger partial charge in [-0.15, -0.1) is 11.3 Å². The van der Waals surface area contributed by atoms with E-state index in [2.05, 4.69) is 4.98 Å². The lowest BCUT2D eigenvalue weighted by molar-refractivity contribution is -0.134. The molecule has 3 rings (SSSR count). The number of carbonyl (C=O) groups excluding carboxylic acids is 1. The number of nitrogens with zero attached hydrogens (tertiary/aromatic N) is 2. The number of amides is 1. The van der Waals surface area contributed by atoms with Gasteiger partial charge in [-0.1, -0.05) is 12.1 Å². The highest BCUT2D eigenvalue weighted by atomic mass is 32.1. The lowest BCUT2D eigenvalue weighted by atomic mass is 9.97. The zero-order valence-corrected chi connectivity index (χ0v) is 14.4. The molecule has 4 nitrogen and oxygen atoms in total. The Morgan fingerprint density at radius 3 is 3.08 bits per heavy atom. The number of aryl methyl sites for hydroxylation is 1. The van der Waals surface area contributed by atoms with Gasteiger partial charge in [0.2, 0.25) is 5.91 Å². The molecule has 24 heavy (non-hydrogen) atoms. The smallest absolute Gasteiger partial charge is 0.225 e. The highest BCUT2D eigenvalue weighted by Crippen LogP contribution is 2.30. The maximum Gasteiger partial charge on any atom is 0.225 e. The zero-order chi connectivity index (χ0) is 17.1.